The van der Waals surface area contributed by atoms with Crippen molar-refractivity contribution in [2.24, 2.45) is 4.99 Å². The highest BCUT2D eigenvalue weighted by Crippen LogP contribution is 2.21. The summed E-state index contributed by atoms with van der Waals surface area (Å²) >= 11 is 1.76. The van der Waals surface area contributed by atoms with E-state index in [0.717, 1.165) is 30.9 Å². The number of hydrogen-bond donors (Lipinski definition) is 2. The minimum absolute atomic E-state index is 0.366. The summed E-state index contributed by atoms with van der Waals surface area (Å²) in [5.41, 5.74) is 1.01. The zero-order chi connectivity index (χ0) is 20.0. The van der Waals surface area contributed by atoms with Crippen molar-refractivity contribution in [3.8, 4) is 0 Å². The molecule has 0 spiro atoms. The number of sulfonamides is 1. The lowest BCUT2D eigenvalue weighted by atomic mass is 10.1. The fraction of sp³-hybridized carbons (Fsp3) is 0.450. The molecule has 1 saturated heterocycles. The molecule has 1 aliphatic heterocycles. The van der Waals surface area contributed by atoms with E-state index in [1.165, 1.54) is 4.88 Å². The molecule has 6 nitrogen and oxygen atoms in total. The topological polar surface area (TPSA) is 73.8 Å². The fourth-order valence-corrected chi connectivity index (χ4v) is 5.49. The molecule has 28 heavy (non-hydrogen) atoms. The molecule has 1 fully saturated rings. The molecule has 1 aliphatic rings. The van der Waals surface area contributed by atoms with Gasteiger partial charge in [-0.25, -0.2) is 8.42 Å². The maximum atomic E-state index is 12.6. The van der Waals surface area contributed by atoms with Crippen LogP contribution in [0.1, 0.15) is 36.1 Å². The van der Waals surface area contributed by atoms with Crippen molar-refractivity contribution in [2.75, 3.05) is 26.7 Å². The van der Waals surface area contributed by atoms with Crippen LogP contribution in [-0.4, -0.2) is 45.4 Å². The van der Waals surface area contributed by atoms with Gasteiger partial charge in [0, 0.05) is 44.0 Å². The minimum Gasteiger partial charge on any atom is -0.356 e. The largest absolute Gasteiger partial charge is 0.356 e. The molecule has 152 valence electrons. The van der Waals surface area contributed by atoms with Crippen molar-refractivity contribution in [1.29, 1.82) is 0 Å². The van der Waals surface area contributed by atoms with Crippen LogP contribution >= 0.6 is 11.3 Å². The molecule has 1 aromatic carbocycles. The van der Waals surface area contributed by atoms with Crippen LogP contribution in [0.2, 0.25) is 0 Å². The number of rotatable bonds is 7. The summed E-state index contributed by atoms with van der Waals surface area (Å²) in [6, 6.07) is 11.3. The molecule has 2 N–H and O–H groups in total. The summed E-state index contributed by atoms with van der Waals surface area (Å²) in [6.07, 6.45) is 1.89. The second kappa shape index (κ2) is 9.54. The highest BCUT2D eigenvalue weighted by atomic mass is 32.2. The number of guanidine groups is 1. The average molecular weight is 421 g/mol. The quantitative estimate of drug-likeness (QED) is 0.533. The van der Waals surface area contributed by atoms with Gasteiger partial charge >= 0.3 is 0 Å². The second-order valence-electron chi connectivity index (χ2n) is 6.98. The molecule has 2 heterocycles. The van der Waals surface area contributed by atoms with Gasteiger partial charge in [-0.3, -0.25) is 4.99 Å². The Bertz CT molecular complexity index is 871. The first-order chi connectivity index (χ1) is 13.5. The Morgan fingerprint density at radius 3 is 2.50 bits per heavy atom. The number of hydrogen-bond acceptors (Lipinski definition) is 4. The number of aliphatic imine (C=N–C) groups is 1. The zero-order valence-corrected chi connectivity index (χ0v) is 18.0. The molecule has 8 heteroatoms. The van der Waals surface area contributed by atoms with Crippen LogP contribution in [0.3, 0.4) is 0 Å². The van der Waals surface area contributed by atoms with Crippen LogP contribution in [0.5, 0.6) is 0 Å². The summed E-state index contributed by atoms with van der Waals surface area (Å²) < 4.78 is 26.7. The van der Waals surface area contributed by atoms with E-state index < -0.39 is 10.0 Å². The molecule has 0 amide bonds. The van der Waals surface area contributed by atoms with Gasteiger partial charge in [0.2, 0.25) is 10.0 Å². The molecule has 1 aromatic heterocycles. The molecule has 2 aromatic rings. The maximum Gasteiger partial charge on any atom is 0.243 e. The van der Waals surface area contributed by atoms with E-state index in [4.69, 9.17) is 0 Å². The molecule has 0 aliphatic carbocycles. The molecule has 3 rings (SSSR count). The highest BCUT2D eigenvalue weighted by molar-refractivity contribution is 7.89. The van der Waals surface area contributed by atoms with Crippen LogP contribution in [0.4, 0.5) is 0 Å². The lowest BCUT2D eigenvalue weighted by Gasteiger charge is -2.16. The third kappa shape index (κ3) is 5.12. The predicted octanol–water partition coefficient (Wildman–Crippen LogP) is 3.00. The average Bonchev–Trinajstić information content (AvgIpc) is 3.42. The van der Waals surface area contributed by atoms with Crippen molar-refractivity contribution in [2.45, 2.75) is 37.1 Å². The Balaban J connectivity index is 1.52. The van der Waals surface area contributed by atoms with Crippen molar-refractivity contribution in [3.63, 3.8) is 0 Å². The van der Waals surface area contributed by atoms with Crippen molar-refractivity contribution in [3.05, 3.63) is 52.2 Å². The van der Waals surface area contributed by atoms with Gasteiger partial charge in [-0.1, -0.05) is 25.1 Å². The van der Waals surface area contributed by atoms with E-state index in [1.54, 1.807) is 34.8 Å². The Morgan fingerprint density at radius 1 is 1.18 bits per heavy atom. The van der Waals surface area contributed by atoms with Crippen LogP contribution in [0.15, 0.2) is 51.7 Å². The van der Waals surface area contributed by atoms with Gasteiger partial charge in [0.25, 0.3) is 0 Å². The molecule has 0 saturated carbocycles. The van der Waals surface area contributed by atoms with E-state index in [1.807, 2.05) is 12.1 Å². The lowest BCUT2D eigenvalue weighted by molar-refractivity contribution is 0.477. The first-order valence-corrected chi connectivity index (χ1v) is 11.9. The number of nitrogens with zero attached hydrogens (tertiary/aromatic N) is 2. The summed E-state index contributed by atoms with van der Waals surface area (Å²) in [5.74, 6) is 1.14. The molecule has 1 unspecified atom stereocenters. The van der Waals surface area contributed by atoms with Crippen LogP contribution in [0, 0.1) is 0 Å². The highest BCUT2D eigenvalue weighted by Gasteiger charge is 2.26. The van der Waals surface area contributed by atoms with Gasteiger partial charge in [0.1, 0.15) is 0 Å². The van der Waals surface area contributed by atoms with E-state index in [2.05, 4.69) is 40.1 Å². The van der Waals surface area contributed by atoms with Crippen molar-refractivity contribution >= 4 is 27.3 Å². The van der Waals surface area contributed by atoms with Crippen LogP contribution < -0.4 is 10.6 Å². The smallest absolute Gasteiger partial charge is 0.243 e. The van der Waals surface area contributed by atoms with E-state index in [9.17, 15) is 8.42 Å². The van der Waals surface area contributed by atoms with Gasteiger partial charge in [0.05, 0.1) is 4.90 Å². The van der Waals surface area contributed by atoms with Gasteiger partial charge in [-0.2, -0.15) is 4.31 Å². The van der Waals surface area contributed by atoms with Gasteiger partial charge in [-0.15, -0.1) is 11.3 Å². The molecule has 0 radical (unpaired) electrons. The molecular formula is C20H28N4O2S2. The Morgan fingerprint density at radius 2 is 1.89 bits per heavy atom. The Kier molecular flexibility index (Phi) is 7.09. The Labute approximate surface area is 171 Å². The van der Waals surface area contributed by atoms with Crippen LogP contribution in [0.25, 0.3) is 0 Å². The van der Waals surface area contributed by atoms with Crippen molar-refractivity contribution < 1.29 is 8.42 Å². The number of nitrogens with one attached hydrogen (secondary N) is 2. The minimum atomic E-state index is -3.35. The summed E-state index contributed by atoms with van der Waals surface area (Å²) in [7, 11) is -1.61. The SMILES string of the molecule is CN=C(NCc1ccc(S(=O)(=O)N2CCCC2)cc1)NCC(C)c1cccs1. The third-order valence-corrected chi connectivity index (χ3v) is 7.93. The fourth-order valence-electron chi connectivity index (χ4n) is 3.19. The molecular weight excluding hydrogens is 392 g/mol. The monoisotopic (exact) mass is 420 g/mol. The lowest BCUT2D eigenvalue weighted by Crippen LogP contribution is -2.38. The van der Waals surface area contributed by atoms with E-state index in [0.29, 0.717) is 30.4 Å². The Hall–Kier alpha value is -1.90. The second-order valence-corrected chi connectivity index (χ2v) is 9.90. The molecule has 1 atom stereocenters. The standard InChI is InChI=1S/C20H28N4O2S2/c1-16(19-6-5-13-27-19)14-22-20(21-2)23-15-17-7-9-18(10-8-17)28(25,26)24-11-3-4-12-24/h5-10,13,16H,3-4,11-12,14-15H2,1-2H3,(H2,21,22,23). The molecule has 0 bridgehead atoms. The summed E-state index contributed by atoms with van der Waals surface area (Å²) in [5, 5.41) is 8.72. The summed E-state index contributed by atoms with van der Waals surface area (Å²) in [4.78, 5) is 5.97. The first kappa shape index (κ1) is 20.8. The zero-order valence-electron chi connectivity index (χ0n) is 16.4. The maximum absolute atomic E-state index is 12.6. The van der Waals surface area contributed by atoms with Gasteiger partial charge < -0.3 is 10.6 Å². The summed E-state index contributed by atoms with van der Waals surface area (Å²) in [6.45, 7) is 4.81. The van der Waals surface area contributed by atoms with E-state index >= 15 is 0 Å². The third-order valence-electron chi connectivity index (χ3n) is 4.91. The van der Waals surface area contributed by atoms with E-state index in [-0.39, 0.29) is 0 Å². The van der Waals surface area contributed by atoms with Crippen LogP contribution in [-0.2, 0) is 16.6 Å². The van der Waals surface area contributed by atoms with Crippen molar-refractivity contribution in [1.82, 2.24) is 14.9 Å². The normalized spacial score (nSPS) is 16.9. The van der Waals surface area contributed by atoms with Gasteiger partial charge in [0.15, 0.2) is 5.96 Å². The number of benzene rings is 1. The first-order valence-electron chi connectivity index (χ1n) is 9.57. The predicted molar refractivity (Wildman–Crippen MR) is 115 cm³/mol. The van der Waals surface area contributed by atoms with Gasteiger partial charge in [-0.05, 0) is 42.0 Å². The number of thiophene rings is 1.